The number of carbonyl (C=O) groups is 2. The van der Waals surface area contributed by atoms with Gasteiger partial charge in [0.1, 0.15) is 17.0 Å². The van der Waals surface area contributed by atoms with E-state index in [0.717, 1.165) is 47.1 Å². The number of fused-ring (bicyclic) bond motifs is 2. The van der Waals surface area contributed by atoms with E-state index in [0.29, 0.717) is 53.6 Å². The second kappa shape index (κ2) is 14.4. The number of aromatic nitrogens is 1. The van der Waals surface area contributed by atoms with Crippen molar-refractivity contribution in [2.75, 3.05) is 19.0 Å². The summed E-state index contributed by atoms with van der Waals surface area (Å²) in [5.74, 6) is -0.596. The third kappa shape index (κ3) is 6.80. The van der Waals surface area contributed by atoms with Crippen LogP contribution in [0.4, 0.5) is 0 Å². The molecule has 0 aliphatic rings. The van der Waals surface area contributed by atoms with Gasteiger partial charge < -0.3 is 23.6 Å². The maximum Gasteiger partial charge on any atom is 0.374 e. The Morgan fingerprint density at radius 3 is 2.30 bits per heavy atom. The van der Waals surface area contributed by atoms with Gasteiger partial charge in [-0.3, -0.25) is 9.59 Å². The van der Waals surface area contributed by atoms with E-state index in [2.05, 4.69) is 6.92 Å². The minimum atomic E-state index is -1.12. The molecule has 1 N–H and O–H groups in total. The Morgan fingerprint density at radius 2 is 1.63 bits per heavy atom. The summed E-state index contributed by atoms with van der Waals surface area (Å²) in [6.45, 7) is 8.66. The van der Waals surface area contributed by atoms with E-state index in [1.807, 2.05) is 19.9 Å². The highest BCUT2D eigenvalue weighted by molar-refractivity contribution is 7.99. The highest BCUT2D eigenvalue weighted by Crippen LogP contribution is 2.32. The van der Waals surface area contributed by atoms with E-state index < -0.39 is 11.9 Å². The lowest BCUT2D eigenvalue weighted by atomic mass is 10.0. The van der Waals surface area contributed by atoms with E-state index >= 15 is 0 Å². The molecule has 4 rings (SSSR count). The van der Waals surface area contributed by atoms with Crippen LogP contribution in [0.1, 0.15) is 79.1 Å². The Bertz CT molecular complexity index is 1770. The summed E-state index contributed by atoms with van der Waals surface area (Å²) in [5.41, 5.74) is 2.15. The van der Waals surface area contributed by atoms with E-state index in [9.17, 15) is 24.3 Å². The van der Waals surface area contributed by atoms with Crippen molar-refractivity contribution in [3.05, 3.63) is 79.4 Å². The molecule has 0 fully saturated rings. The van der Waals surface area contributed by atoms with Gasteiger partial charge in [0.2, 0.25) is 5.76 Å². The van der Waals surface area contributed by atoms with E-state index in [1.54, 1.807) is 41.5 Å². The van der Waals surface area contributed by atoms with Crippen LogP contribution in [-0.4, -0.2) is 40.6 Å². The first kappa shape index (κ1) is 31.9. The number of ether oxygens (including phenoxy) is 2. The molecule has 0 amide bonds. The fourth-order valence-electron chi connectivity index (χ4n) is 5.26. The number of hydrogen-bond donors (Lipinski definition) is 1. The van der Waals surface area contributed by atoms with Crippen molar-refractivity contribution in [3.8, 4) is 5.75 Å². The molecule has 2 aromatic carbocycles. The second-order valence-electron chi connectivity index (χ2n) is 10.0. The first-order valence-electron chi connectivity index (χ1n) is 14.7. The fraction of sp³-hybridized carbons (Fsp3) is 0.394. The lowest BCUT2D eigenvalue weighted by molar-refractivity contribution is 0.0490. The summed E-state index contributed by atoms with van der Waals surface area (Å²) in [4.78, 5) is 50.7. The molecule has 0 radical (unpaired) electrons. The largest absolute Gasteiger partial charge is 0.493 e. The first-order chi connectivity index (χ1) is 20.7. The molecule has 10 heteroatoms. The van der Waals surface area contributed by atoms with Crippen molar-refractivity contribution in [1.82, 2.24) is 4.57 Å². The number of carboxylic acids is 1. The minimum absolute atomic E-state index is 0.00335. The Balaban J connectivity index is 1.55. The average molecular weight is 608 g/mol. The molecule has 228 valence electrons. The number of esters is 1. The van der Waals surface area contributed by atoms with Gasteiger partial charge in [0.25, 0.3) is 0 Å². The number of carbonyl (C=O) groups excluding carboxylic acids is 1. The van der Waals surface area contributed by atoms with E-state index in [-0.39, 0.29) is 28.9 Å². The lowest BCUT2D eigenvalue weighted by Crippen LogP contribution is -2.19. The molecule has 0 aliphatic carbocycles. The molecule has 4 aromatic rings. The fourth-order valence-corrected chi connectivity index (χ4v) is 6.28. The third-order valence-electron chi connectivity index (χ3n) is 7.11. The van der Waals surface area contributed by atoms with Gasteiger partial charge in [-0.2, -0.15) is 0 Å². The van der Waals surface area contributed by atoms with Crippen molar-refractivity contribution in [3.63, 3.8) is 0 Å². The Labute approximate surface area is 253 Å². The zero-order valence-electron chi connectivity index (χ0n) is 25.0. The molecule has 0 saturated carbocycles. The zero-order valence-corrected chi connectivity index (χ0v) is 25.8. The number of nitrogens with zero attached hydrogens (tertiary/aromatic N) is 1. The molecule has 0 aliphatic heterocycles. The number of aromatic carboxylic acids is 1. The standard InChI is InChI=1S/C33H37NO8S/c1-5-10-22-27(14-12-21-26(36)19-28(42-31(21)22)33(39)40-8-4)41-16-9-17-43-29-15-13-20-25(35)18-24(32(37)38)34(7-3)30(20)23(29)11-6-2/h12-15,18-19H,5-11,16-17H2,1-4H3,(H,37,38). The molecule has 2 heterocycles. The van der Waals surface area contributed by atoms with Crippen LogP contribution < -0.4 is 15.6 Å². The predicted molar refractivity (Wildman–Crippen MR) is 168 cm³/mol. The van der Waals surface area contributed by atoms with Crippen molar-refractivity contribution in [1.29, 1.82) is 0 Å². The number of pyridine rings is 1. The number of carboxylic acid groups (broad SMARTS) is 1. The number of benzene rings is 2. The third-order valence-corrected chi connectivity index (χ3v) is 8.29. The molecular formula is C33H37NO8S. The number of thioether (sulfide) groups is 1. The van der Waals surface area contributed by atoms with Crippen LogP contribution in [0, 0.1) is 0 Å². The summed E-state index contributed by atoms with van der Waals surface area (Å²) >= 11 is 1.65. The van der Waals surface area contributed by atoms with Crippen LogP contribution in [0.5, 0.6) is 5.75 Å². The van der Waals surface area contributed by atoms with Crippen molar-refractivity contribution in [2.45, 2.75) is 71.2 Å². The van der Waals surface area contributed by atoms with Gasteiger partial charge in [-0.1, -0.05) is 26.7 Å². The zero-order chi connectivity index (χ0) is 31.1. The Hall–Kier alpha value is -4.05. The Morgan fingerprint density at radius 1 is 0.930 bits per heavy atom. The molecule has 0 unspecified atom stereocenters. The molecule has 9 nitrogen and oxygen atoms in total. The number of hydrogen-bond acceptors (Lipinski definition) is 8. The predicted octanol–water partition coefficient (Wildman–Crippen LogP) is 6.47. The van der Waals surface area contributed by atoms with Gasteiger partial charge in [0.15, 0.2) is 10.9 Å². The number of rotatable bonds is 14. The van der Waals surface area contributed by atoms with Crippen LogP contribution in [0.2, 0.25) is 0 Å². The highest BCUT2D eigenvalue weighted by Gasteiger charge is 2.20. The summed E-state index contributed by atoms with van der Waals surface area (Å²) in [6.07, 6.45) is 3.66. The van der Waals surface area contributed by atoms with E-state index in [4.69, 9.17) is 13.9 Å². The first-order valence-corrected chi connectivity index (χ1v) is 15.7. The molecule has 0 atom stereocenters. The van der Waals surface area contributed by atoms with Crippen LogP contribution in [0.3, 0.4) is 0 Å². The monoisotopic (exact) mass is 607 g/mol. The molecule has 2 aromatic heterocycles. The van der Waals surface area contributed by atoms with Crippen molar-refractivity contribution >= 4 is 45.6 Å². The lowest BCUT2D eigenvalue weighted by Gasteiger charge is -2.18. The summed E-state index contributed by atoms with van der Waals surface area (Å²) in [5, 5.41) is 10.6. The average Bonchev–Trinajstić information content (AvgIpc) is 2.98. The van der Waals surface area contributed by atoms with Crippen LogP contribution in [0.15, 0.2) is 55.3 Å². The van der Waals surface area contributed by atoms with Gasteiger partial charge >= 0.3 is 11.9 Å². The van der Waals surface area contributed by atoms with Gasteiger partial charge in [-0.05, 0) is 62.9 Å². The normalized spacial score (nSPS) is 11.3. The molecule has 0 saturated heterocycles. The number of aryl methyl sites for hydroxylation is 3. The maximum atomic E-state index is 12.8. The topological polar surface area (TPSA) is 125 Å². The Kier molecular flexibility index (Phi) is 10.7. The van der Waals surface area contributed by atoms with E-state index in [1.165, 1.54) is 6.07 Å². The summed E-state index contributed by atoms with van der Waals surface area (Å²) in [7, 11) is 0. The van der Waals surface area contributed by atoms with Gasteiger partial charge in [0, 0.05) is 40.3 Å². The van der Waals surface area contributed by atoms with Crippen LogP contribution >= 0.6 is 11.8 Å². The quantitative estimate of drug-likeness (QED) is 0.0975. The van der Waals surface area contributed by atoms with Crippen molar-refractivity contribution < 1.29 is 28.6 Å². The summed E-state index contributed by atoms with van der Waals surface area (Å²) < 4.78 is 18.8. The summed E-state index contributed by atoms with van der Waals surface area (Å²) in [6, 6.07) is 9.54. The smallest absolute Gasteiger partial charge is 0.374 e. The minimum Gasteiger partial charge on any atom is -0.493 e. The molecule has 0 spiro atoms. The molecule has 43 heavy (non-hydrogen) atoms. The van der Waals surface area contributed by atoms with Crippen LogP contribution in [0.25, 0.3) is 21.9 Å². The van der Waals surface area contributed by atoms with Gasteiger partial charge in [-0.25, -0.2) is 9.59 Å². The van der Waals surface area contributed by atoms with Crippen molar-refractivity contribution in [2.24, 2.45) is 0 Å². The van der Waals surface area contributed by atoms with Gasteiger partial charge in [0.05, 0.1) is 24.1 Å². The SMILES string of the molecule is CCCc1c(OCCCSc2ccc3c(=O)cc(C(=O)O)n(CC)c3c2CCC)ccc2c(=O)cc(C(=O)OCC)oc12. The second-order valence-corrected chi connectivity index (χ2v) is 11.2. The van der Waals surface area contributed by atoms with Gasteiger partial charge in [-0.15, -0.1) is 11.8 Å². The molecular weight excluding hydrogens is 570 g/mol. The molecule has 0 bridgehead atoms. The maximum absolute atomic E-state index is 12.8. The van der Waals surface area contributed by atoms with Crippen LogP contribution in [-0.2, 0) is 24.1 Å². The highest BCUT2D eigenvalue weighted by atomic mass is 32.2.